The number of amides is 1. The molecule has 154 valence electrons. The molecule has 0 saturated heterocycles. The van der Waals surface area contributed by atoms with Gasteiger partial charge >= 0.3 is 0 Å². The molecule has 0 aliphatic rings. The van der Waals surface area contributed by atoms with Crippen LogP contribution < -0.4 is 15.6 Å². The number of ether oxygens (including phenoxy) is 1. The van der Waals surface area contributed by atoms with E-state index in [0.717, 1.165) is 26.4 Å². The number of anilines is 1. The van der Waals surface area contributed by atoms with Gasteiger partial charge in [-0.25, -0.2) is 0 Å². The van der Waals surface area contributed by atoms with Crippen molar-refractivity contribution in [2.45, 2.75) is 25.8 Å². The summed E-state index contributed by atoms with van der Waals surface area (Å²) < 4.78 is 7.83. The number of methoxy groups -OCH3 is 1. The Morgan fingerprint density at radius 1 is 1.13 bits per heavy atom. The fraction of sp³-hybridized carbons (Fsp3) is 0.238. The minimum atomic E-state index is -0.128. The van der Waals surface area contributed by atoms with Crippen LogP contribution in [0.3, 0.4) is 0 Å². The molecule has 4 aromatic rings. The largest absolute Gasteiger partial charge is 0.497 e. The van der Waals surface area contributed by atoms with E-state index in [1.807, 2.05) is 48.5 Å². The Morgan fingerprint density at radius 3 is 2.70 bits per heavy atom. The van der Waals surface area contributed by atoms with Crippen LogP contribution in [0.15, 0.2) is 53.3 Å². The van der Waals surface area contributed by atoms with Crippen LogP contribution in [0.25, 0.3) is 10.1 Å². The Kier molecular flexibility index (Phi) is 6.20. The van der Waals surface area contributed by atoms with Gasteiger partial charge in [-0.1, -0.05) is 47.1 Å². The molecule has 2 heterocycles. The summed E-state index contributed by atoms with van der Waals surface area (Å²) in [5.74, 6) is 0.679. The number of hydrogen-bond acceptors (Lipinski definition) is 7. The molecule has 1 amide bonds. The number of fused-ring (bicyclic) bond motifs is 1. The minimum absolute atomic E-state index is 0.00306. The predicted octanol–water partition coefficient (Wildman–Crippen LogP) is 3.93. The SMILES string of the molecule is COc1ccc(Cc2nnc(NC(=O)CCCn3sc4ccccc4c3=O)s2)cc1. The number of benzene rings is 2. The van der Waals surface area contributed by atoms with Crippen molar-refractivity contribution in [2.24, 2.45) is 0 Å². The lowest BCUT2D eigenvalue weighted by Gasteiger charge is -2.02. The number of hydrogen-bond donors (Lipinski definition) is 1. The lowest BCUT2D eigenvalue weighted by Crippen LogP contribution is -2.16. The van der Waals surface area contributed by atoms with Crippen LogP contribution in [0.1, 0.15) is 23.4 Å². The number of aromatic nitrogens is 3. The summed E-state index contributed by atoms with van der Waals surface area (Å²) in [6.07, 6.45) is 1.54. The highest BCUT2D eigenvalue weighted by Gasteiger charge is 2.11. The smallest absolute Gasteiger partial charge is 0.268 e. The van der Waals surface area contributed by atoms with Crippen LogP contribution in [-0.2, 0) is 17.8 Å². The van der Waals surface area contributed by atoms with Crippen LogP contribution in [0.4, 0.5) is 5.13 Å². The molecule has 7 nitrogen and oxygen atoms in total. The van der Waals surface area contributed by atoms with Gasteiger partial charge in [0.1, 0.15) is 10.8 Å². The van der Waals surface area contributed by atoms with Gasteiger partial charge in [-0.15, -0.1) is 10.2 Å². The Balaban J connectivity index is 1.27. The van der Waals surface area contributed by atoms with Crippen molar-refractivity contribution >= 4 is 44.0 Å². The first kappa shape index (κ1) is 20.2. The van der Waals surface area contributed by atoms with E-state index in [9.17, 15) is 9.59 Å². The Morgan fingerprint density at radius 2 is 1.93 bits per heavy atom. The van der Waals surface area contributed by atoms with Gasteiger partial charge in [0.05, 0.1) is 17.2 Å². The topological polar surface area (TPSA) is 86.1 Å². The number of rotatable bonds is 8. The normalized spacial score (nSPS) is 11.0. The first-order valence-corrected chi connectivity index (χ1v) is 11.1. The molecule has 0 spiro atoms. The monoisotopic (exact) mass is 440 g/mol. The average molecular weight is 441 g/mol. The summed E-state index contributed by atoms with van der Waals surface area (Å²) in [6.45, 7) is 0.518. The fourth-order valence-electron chi connectivity index (χ4n) is 3.02. The molecule has 0 bridgehead atoms. The number of nitrogens with zero attached hydrogens (tertiary/aromatic N) is 3. The average Bonchev–Trinajstić information content (AvgIpc) is 3.33. The van der Waals surface area contributed by atoms with Crippen LogP contribution in [0.2, 0.25) is 0 Å². The third-order valence-corrected chi connectivity index (χ3v) is 6.51. The lowest BCUT2D eigenvalue weighted by molar-refractivity contribution is -0.116. The van der Waals surface area contributed by atoms with Gasteiger partial charge in [-0.3, -0.25) is 13.5 Å². The molecule has 0 fully saturated rings. The molecule has 30 heavy (non-hydrogen) atoms. The molecule has 2 aromatic carbocycles. The summed E-state index contributed by atoms with van der Waals surface area (Å²) >= 11 is 2.79. The molecule has 9 heteroatoms. The van der Waals surface area contributed by atoms with Gasteiger partial charge in [0, 0.05) is 19.4 Å². The van der Waals surface area contributed by atoms with Crippen LogP contribution >= 0.6 is 22.9 Å². The first-order valence-electron chi connectivity index (χ1n) is 9.46. The van der Waals surface area contributed by atoms with Crippen molar-refractivity contribution in [1.29, 1.82) is 0 Å². The second-order valence-corrected chi connectivity index (χ2v) is 8.80. The molecule has 1 N–H and O–H groups in total. The molecule has 0 unspecified atom stereocenters. The second-order valence-electron chi connectivity index (χ2n) is 6.67. The highest BCUT2D eigenvalue weighted by Crippen LogP contribution is 2.21. The van der Waals surface area contributed by atoms with Crippen molar-refractivity contribution in [3.63, 3.8) is 0 Å². The number of carbonyl (C=O) groups excluding carboxylic acids is 1. The number of carbonyl (C=O) groups is 1. The zero-order valence-electron chi connectivity index (χ0n) is 16.3. The van der Waals surface area contributed by atoms with Crippen molar-refractivity contribution < 1.29 is 9.53 Å². The predicted molar refractivity (Wildman–Crippen MR) is 120 cm³/mol. The van der Waals surface area contributed by atoms with E-state index in [1.54, 1.807) is 11.1 Å². The Bertz CT molecular complexity index is 1210. The molecule has 4 rings (SSSR count). The summed E-state index contributed by atoms with van der Waals surface area (Å²) in [5.41, 5.74) is 1.10. The van der Waals surface area contributed by atoms with Crippen LogP contribution in [-0.4, -0.2) is 27.2 Å². The van der Waals surface area contributed by atoms with E-state index in [0.29, 0.717) is 30.9 Å². The minimum Gasteiger partial charge on any atom is -0.497 e. The molecule has 2 aromatic heterocycles. The van der Waals surface area contributed by atoms with Gasteiger partial charge in [0.2, 0.25) is 11.0 Å². The van der Waals surface area contributed by atoms with E-state index in [1.165, 1.54) is 22.9 Å². The summed E-state index contributed by atoms with van der Waals surface area (Å²) in [6, 6.07) is 15.3. The van der Waals surface area contributed by atoms with Crippen molar-refractivity contribution in [3.8, 4) is 5.75 Å². The Labute approximate surface area is 181 Å². The van der Waals surface area contributed by atoms with Crippen molar-refractivity contribution in [2.75, 3.05) is 12.4 Å². The van der Waals surface area contributed by atoms with E-state index in [4.69, 9.17) is 4.74 Å². The van der Waals surface area contributed by atoms with Crippen LogP contribution in [0, 0.1) is 0 Å². The van der Waals surface area contributed by atoms with Gasteiger partial charge in [0.15, 0.2) is 0 Å². The number of nitrogens with one attached hydrogen (secondary N) is 1. The van der Waals surface area contributed by atoms with Crippen molar-refractivity contribution in [3.05, 3.63) is 69.5 Å². The fourth-order valence-corrected chi connectivity index (χ4v) is 4.85. The third-order valence-electron chi connectivity index (χ3n) is 4.55. The maximum absolute atomic E-state index is 12.3. The zero-order valence-corrected chi connectivity index (χ0v) is 18.0. The number of aryl methyl sites for hydroxylation is 1. The highest BCUT2D eigenvalue weighted by molar-refractivity contribution is 7.15. The first-order chi connectivity index (χ1) is 14.6. The Hall–Kier alpha value is -3.04. The molecular weight excluding hydrogens is 420 g/mol. The summed E-state index contributed by atoms with van der Waals surface area (Å²) in [5, 5.41) is 13.0. The maximum atomic E-state index is 12.3. The van der Waals surface area contributed by atoms with E-state index in [-0.39, 0.29) is 11.5 Å². The highest BCUT2D eigenvalue weighted by atomic mass is 32.1. The van der Waals surface area contributed by atoms with Crippen molar-refractivity contribution in [1.82, 2.24) is 14.2 Å². The molecule has 0 aliphatic carbocycles. The summed E-state index contributed by atoms with van der Waals surface area (Å²) in [7, 11) is 1.63. The van der Waals surface area contributed by atoms with Crippen LogP contribution in [0.5, 0.6) is 5.75 Å². The van der Waals surface area contributed by atoms with Gasteiger partial charge < -0.3 is 10.1 Å². The van der Waals surface area contributed by atoms with E-state index < -0.39 is 0 Å². The van der Waals surface area contributed by atoms with Gasteiger partial charge in [-0.2, -0.15) is 0 Å². The van der Waals surface area contributed by atoms with Gasteiger partial charge in [0.25, 0.3) is 5.56 Å². The third kappa shape index (κ3) is 4.74. The quantitative estimate of drug-likeness (QED) is 0.449. The van der Waals surface area contributed by atoms with E-state index >= 15 is 0 Å². The molecule has 0 radical (unpaired) electrons. The molecule has 0 atom stereocenters. The zero-order chi connectivity index (χ0) is 20.9. The molecule has 0 aliphatic heterocycles. The second kappa shape index (κ2) is 9.19. The molecule has 0 saturated carbocycles. The maximum Gasteiger partial charge on any atom is 0.268 e. The standard InChI is InChI=1S/C21H20N4O3S2/c1-28-15-10-8-14(9-11-15)13-19-23-24-21(29-19)22-18(26)7-4-12-25-20(27)16-5-2-3-6-17(16)30-25/h2-3,5-6,8-11H,4,7,12-13H2,1H3,(H,22,24,26). The molecular formula is C21H20N4O3S2. The van der Waals surface area contributed by atoms with Gasteiger partial charge in [-0.05, 0) is 36.2 Å². The van der Waals surface area contributed by atoms with E-state index in [2.05, 4.69) is 15.5 Å². The summed E-state index contributed by atoms with van der Waals surface area (Å²) in [4.78, 5) is 24.6. The lowest BCUT2D eigenvalue weighted by atomic mass is 10.1.